The second-order valence-electron chi connectivity index (χ2n) is 6.84. The number of anilines is 1. The number of benzene rings is 1. The summed E-state index contributed by atoms with van der Waals surface area (Å²) in [7, 11) is 0. The quantitative estimate of drug-likeness (QED) is 0.739. The Balaban J connectivity index is 1.45. The molecule has 0 unspecified atom stereocenters. The van der Waals surface area contributed by atoms with Crippen LogP contribution in [-0.4, -0.2) is 24.1 Å². The van der Waals surface area contributed by atoms with E-state index in [9.17, 15) is 14.4 Å². The molecule has 1 N–H and O–H groups in total. The maximum absolute atomic E-state index is 12.2. The molecule has 0 radical (unpaired) electrons. The molecule has 142 valence electrons. The van der Waals surface area contributed by atoms with Crippen LogP contribution in [0.3, 0.4) is 0 Å². The fraction of sp³-hybridized carbons (Fsp3) is 0.381. The molecule has 1 saturated heterocycles. The highest BCUT2D eigenvalue weighted by molar-refractivity contribution is 7.12. The summed E-state index contributed by atoms with van der Waals surface area (Å²) < 4.78 is 0. The molecule has 0 atom stereocenters. The molecule has 0 aliphatic carbocycles. The first-order chi connectivity index (χ1) is 12.9. The van der Waals surface area contributed by atoms with Crippen molar-refractivity contribution in [3.05, 3.63) is 51.2 Å². The van der Waals surface area contributed by atoms with E-state index in [4.69, 9.17) is 0 Å². The van der Waals surface area contributed by atoms with Crippen LogP contribution in [0.5, 0.6) is 0 Å². The monoisotopic (exact) mass is 384 g/mol. The average molecular weight is 385 g/mol. The number of thiophene rings is 1. The van der Waals surface area contributed by atoms with E-state index in [1.807, 2.05) is 44.2 Å². The predicted molar refractivity (Wildman–Crippen MR) is 107 cm³/mol. The van der Waals surface area contributed by atoms with Crippen molar-refractivity contribution in [3.63, 3.8) is 0 Å². The third-order valence-corrected chi connectivity index (χ3v) is 5.70. The number of nitrogens with one attached hydrogen (secondary N) is 1. The van der Waals surface area contributed by atoms with Crippen molar-refractivity contribution >= 4 is 34.6 Å². The van der Waals surface area contributed by atoms with Gasteiger partial charge in [0.05, 0.1) is 0 Å². The Morgan fingerprint density at radius 1 is 1.15 bits per heavy atom. The van der Waals surface area contributed by atoms with E-state index in [0.717, 1.165) is 39.5 Å². The van der Waals surface area contributed by atoms with E-state index in [0.29, 0.717) is 13.0 Å². The van der Waals surface area contributed by atoms with E-state index < -0.39 is 0 Å². The van der Waals surface area contributed by atoms with Crippen LogP contribution in [0.15, 0.2) is 30.3 Å². The van der Waals surface area contributed by atoms with Crippen LogP contribution < -0.4 is 10.2 Å². The largest absolute Gasteiger partial charge is 0.352 e. The normalized spacial score (nSPS) is 13.9. The molecule has 0 saturated carbocycles. The number of rotatable bonds is 7. The summed E-state index contributed by atoms with van der Waals surface area (Å²) in [6.07, 6.45) is 1.92. The Morgan fingerprint density at radius 3 is 2.48 bits per heavy atom. The van der Waals surface area contributed by atoms with Gasteiger partial charge in [0.2, 0.25) is 11.8 Å². The molecule has 0 spiro atoms. The molecule has 2 aromatic rings. The van der Waals surface area contributed by atoms with Crippen LogP contribution in [-0.2, 0) is 16.1 Å². The molecule has 3 rings (SSSR count). The molecule has 1 aromatic heterocycles. The van der Waals surface area contributed by atoms with E-state index >= 15 is 0 Å². The number of carbonyl (C=O) groups is 3. The van der Waals surface area contributed by atoms with Crippen molar-refractivity contribution in [2.45, 2.75) is 46.1 Å². The van der Waals surface area contributed by atoms with Gasteiger partial charge in [0.25, 0.3) is 0 Å². The molecule has 27 heavy (non-hydrogen) atoms. The molecule has 2 heterocycles. The summed E-state index contributed by atoms with van der Waals surface area (Å²) in [5.74, 6) is 0.0511. The molecular weight excluding hydrogens is 360 g/mol. The van der Waals surface area contributed by atoms with Gasteiger partial charge in [0.15, 0.2) is 5.78 Å². The number of aryl methyl sites for hydroxylation is 2. The number of Topliss-reactive ketones (excluding diaryl/α,β-unsaturated/α-hetero) is 1. The van der Waals surface area contributed by atoms with Crippen molar-refractivity contribution in [1.29, 1.82) is 0 Å². The van der Waals surface area contributed by atoms with Gasteiger partial charge in [-0.2, -0.15) is 0 Å². The fourth-order valence-electron chi connectivity index (χ4n) is 3.27. The predicted octanol–water partition coefficient (Wildman–Crippen LogP) is 3.77. The lowest BCUT2D eigenvalue weighted by Crippen LogP contribution is -2.24. The molecule has 0 bridgehead atoms. The average Bonchev–Trinajstić information content (AvgIpc) is 3.23. The Kier molecular flexibility index (Phi) is 6.06. The van der Waals surface area contributed by atoms with Crippen molar-refractivity contribution in [2.75, 3.05) is 11.4 Å². The second kappa shape index (κ2) is 8.48. The van der Waals surface area contributed by atoms with Gasteiger partial charge in [-0.15, -0.1) is 11.3 Å². The summed E-state index contributed by atoms with van der Waals surface area (Å²) >= 11 is 1.60. The molecule has 6 heteroatoms. The van der Waals surface area contributed by atoms with Crippen LogP contribution in [0.4, 0.5) is 5.69 Å². The zero-order chi connectivity index (χ0) is 19.4. The summed E-state index contributed by atoms with van der Waals surface area (Å²) in [5, 5.41) is 2.85. The lowest BCUT2D eigenvalue weighted by atomic mass is 10.1. The van der Waals surface area contributed by atoms with E-state index in [-0.39, 0.29) is 30.4 Å². The van der Waals surface area contributed by atoms with Gasteiger partial charge in [-0.3, -0.25) is 14.4 Å². The van der Waals surface area contributed by atoms with Crippen LogP contribution >= 0.6 is 11.3 Å². The number of hydrogen-bond acceptors (Lipinski definition) is 4. The lowest BCUT2D eigenvalue weighted by Gasteiger charge is -2.16. The van der Waals surface area contributed by atoms with Gasteiger partial charge in [0, 0.05) is 53.4 Å². The van der Waals surface area contributed by atoms with Crippen LogP contribution in [0.1, 0.15) is 51.4 Å². The number of ketones is 1. The molecule has 1 aliphatic rings. The van der Waals surface area contributed by atoms with Gasteiger partial charge >= 0.3 is 0 Å². The fourth-order valence-corrected chi connectivity index (χ4v) is 4.22. The smallest absolute Gasteiger partial charge is 0.227 e. The zero-order valence-corrected chi connectivity index (χ0v) is 16.5. The Bertz CT molecular complexity index is 855. The summed E-state index contributed by atoms with van der Waals surface area (Å²) in [6, 6.07) is 9.56. The molecular formula is C21H24N2O3S. The SMILES string of the molecule is Cc1cc(C(=O)CCC(=O)NCc2ccc(N3CCCC3=O)cc2)c(C)s1. The molecule has 5 nitrogen and oxygen atoms in total. The summed E-state index contributed by atoms with van der Waals surface area (Å²) in [6.45, 7) is 5.10. The van der Waals surface area contributed by atoms with Crippen LogP contribution in [0.25, 0.3) is 0 Å². The number of carbonyl (C=O) groups excluding carboxylic acids is 3. The highest BCUT2D eigenvalue weighted by Crippen LogP contribution is 2.23. The minimum Gasteiger partial charge on any atom is -0.352 e. The summed E-state index contributed by atoms with van der Waals surface area (Å²) in [5.41, 5.74) is 2.60. The first-order valence-corrected chi connectivity index (χ1v) is 10.0. The molecule has 2 amide bonds. The van der Waals surface area contributed by atoms with Gasteiger partial charge in [-0.25, -0.2) is 0 Å². The maximum Gasteiger partial charge on any atom is 0.227 e. The molecule has 1 fully saturated rings. The lowest BCUT2D eigenvalue weighted by molar-refractivity contribution is -0.121. The number of hydrogen-bond donors (Lipinski definition) is 1. The van der Waals surface area contributed by atoms with Gasteiger partial charge < -0.3 is 10.2 Å². The van der Waals surface area contributed by atoms with Crippen molar-refractivity contribution in [1.82, 2.24) is 5.32 Å². The minimum atomic E-state index is -0.133. The van der Waals surface area contributed by atoms with Gasteiger partial charge in [0.1, 0.15) is 0 Å². The van der Waals surface area contributed by atoms with Crippen molar-refractivity contribution in [3.8, 4) is 0 Å². The zero-order valence-electron chi connectivity index (χ0n) is 15.7. The van der Waals surface area contributed by atoms with Crippen molar-refractivity contribution in [2.24, 2.45) is 0 Å². The Labute approximate surface area is 163 Å². The standard InChI is InChI=1S/C21H24N2O3S/c1-14-12-18(15(2)27-14)19(24)9-10-20(25)22-13-16-5-7-17(8-6-16)23-11-3-4-21(23)26/h5-8,12H,3-4,9-11,13H2,1-2H3,(H,22,25). The third kappa shape index (κ3) is 4.83. The van der Waals surface area contributed by atoms with Gasteiger partial charge in [-0.05, 0) is 44.0 Å². The van der Waals surface area contributed by atoms with Crippen molar-refractivity contribution < 1.29 is 14.4 Å². The van der Waals surface area contributed by atoms with Crippen LogP contribution in [0.2, 0.25) is 0 Å². The molecule has 1 aromatic carbocycles. The van der Waals surface area contributed by atoms with E-state index in [1.165, 1.54) is 0 Å². The third-order valence-electron chi connectivity index (χ3n) is 4.73. The first kappa shape index (κ1) is 19.3. The first-order valence-electron chi connectivity index (χ1n) is 9.20. The minimum absolute atomic E-state index is 0.0200. The molecule has 1 aliphatic heterocycles. The van der Waals surface area contributed by atoms with E-state index in [2.05, 4.69) is 5.32 Å². The second-order valence-corrected chi connectivity index (χ2v) is 8.30. The maximum atomic E-state index is 12.2. The Morgan fingerprint density at radius 2 is 1.89 bits per heavy atom. The number of nitrogens with zero attached hydrogens (tertiary/aromatic N) is 1. The van der Waals surface area contributed by atoms with Gasteiger partial charge in [-0.1, -0.05) is 12.1 Å². The number of amides is 2. The highest BCUT2D eigenvalue weighted by Gasteiger charge is 2.21. The van der Waals surface area contributed by atoms with Crippen LogP contribution in [0, 0.1) is 13.8 Å². The van der Waals surface area contributed by atoms with E-state index in [1.54, 1.807) is 16.2 Å². The Hall–Kier alpha value is -2.47. The highest BCUT2D eigenvalue weighted by atomic mass is 32.1. The topological polar surface area (TPSA) is 66.5 Å². The summed E-state index contributed by atoms with van der Waals surface area (Å²) in [4.78, 5) is 40.0.